The topological polar surface area (TPSA) is 61.4 Å². The summed E-state index contributed by atoms with van der Waals surface area (Å²) < 4.78 is 0. The predicted octanol–water partition coefficient (Wildman–Crippen LogP) is 2.26. The molecule has 0 aliphatic heterocycles. The van der Waals surface area contributed by atoms with Crippen molar-refractivity contribution in [3.05, 3.63) is 22.4 Å². The second kappa shape index (κ2) is 9.23. The Morgan fingerprint density at radius 2 is 2.37 bits per heavy atom. The number of thioether (sulfide) groups is 1. The molecule has 3 N–H and O–H groups in total. The number of thiophene rings is 1. The zero-order valence-corrected chi connectivity index (χ0v) is 13.0. The van der Waals surface area contributed by atoms with Gasteiger partial charge in [0.05, 0.1) is 0 Å². The van der Waals surface area contributed by atoms with Crippen LogP contribution in [0.4, 0.5) is 4.79 Å². The van der Waals surface area contributed by atoms with Gasteiger partial charge < -0.3 is 15.7 Å². The summed E-state index contributed by atoms with van der Waals surface area (Å²) >= 11 is 3.33. The van der Waals surface area contributed by atoms with Crippen LogP contribution in [0.15, 0.2) is 16.8 Å². The normalized spacial score (nSPS) is 13.8. The number of hydrogen-bond donors (Lipinski definition) is 3. The Labute approximate surface area is 123 Å². The maximum Gasteiger partial charge on any atom is 0.315 e. The molecule has 6 heteroatoms. The van der Waals surface area contributed by atoms with E-state index in [0.717, 1.165) is 5.75 Å². The molecule has 0 aliphatic carbocycles. The SMILES string of the molecule is CSCC(CCO)NC(=O)NCC(C)c1ccsc1. The van der Waals surface area contributed by atoms with Crippen molar-refractivity contribution in [3.8, 4) is 0 Å². The van der Waals surface area contributed by atoms with E-state index < -0.39 is 0 Å². The van der Waals surface area contributed by atoms with E-state index in [4.69, 9.17) is 5.11 Å². The van der Waals surface area contributed by atoms with Crippen LogP contribution in [0, 0.1) is 0 Å². The quantitative estimate of drug-likeness (QED) is 0.690. The van der Waals surface area contributed by atoms with Crippen LogP contribution in [0.2, 0.25) is 0 Å². The van der Waals surface area contributed by atoms with E-state index in [1.54, 1.807) is 23.1 Å². The third-order valence-electron chi connectivity index (χ3n) is 2.86. The first-order valence-corrected chi connectivity index (χ1v) is 8.67. The van der Waals surface area contributed by atoms with E-state index in [0.29, 0.717) is 18.9 Å². The van der Waals surface area contributed by atoms with E-state index in [-0.39, 0.29) is 18.7 Å². The summed E-state index contributed by atoms with van der Waals surface area (Å²) in [5, 5.41) is 18.9. The summed E-state index contributed by atoms with van der Waals surface area (Å²) in [4.78, 5) is 11.8. The van der Waals surface area contributed by atoms with Gasteiger partial charge in [-0.25, -0.2) is 4.79 Å². The minimum absolute atomic E-state index is 0.0245. The molecule has 0 fully saturated rings. The fourth-order valence-corrected chi connectivity index (χ4v) is 3.14. The van der Waals surface area contributed by atoms with Crippen molar-refractivity contribution < 1.29 is 9.90 Å². The predicted molar refractivity (Wildman–Crippen MR) is 83.1 cm³/mol. The van der Waals surface area contributed by atoms with Gasteiger partial charge in [0.15, 0.2) is 0 Å². The zero-order valence-electron chi connectivity index (χ0n) is 11.4. The third kappa shape index (κ3) is 6.31. The molecule has 0 aliphatic rings. The summed E-state index contributed by atoms with van der Waals surface area (Å²) in [6.45, 7) is 2.81. The number of nitrogens with one attached hydrogen (secondary N) is 2. The maximum absolute atomic E-state index is 11.8. The highest BCUT2D eigenvalue weighted by Gasteiger charge is 2.12. The van der Waals surface area contributed by atoms with Crippen LogP contribution in [0.1, 0.15) is 24.8 Å². The summed E-state index contributed by atoms with van der Waals surface area (Å²) in [6, 6.07) is 1.95. The molecular weight excluding hydrogens is 280 g/mol. The summed E-state index contributed by atoms with van der Waals surface area (Å²) in [7, 11) is 0. The van der Waals surface area contributed by atoms with Gasteiger partial charge in [0.2, 0.25) is 0 Å². The molecule has 0 bridgehead atoms. The van der Waals surface area contributed by atoms with E-state index in [9.17, 15) is 4.79 Å². The van der Waals surface area contributed by atoms with E-state index >= 15 is 0 Å². The van der Waals surface area contributed by atoms with Crippen LogP contribution < -0.4 is 10.6 Å². The van der Waals surface area contributed by atoms with Gasteiger partial charge in [-0.3, -0.25) is 0 Å². The lowest BCUT2D eigenvalue weighted by atomic mass is 10.1. The van der Waals surface area contributed by atoms with Crippen molar-refractivity contribution in [2.75, 3.05) is 25.2 Å². The molecule has 108 valence electrons. The Hall–Kier alpha value is -0.720. The van der Waals surface area contributed by atoms with E-state index in [1.165, 1.54) is 5.56 Å². The number of aliphatic hydroxyl groups excluding tert-OH is 1. The number of amides is 2. The number of aliphatic hydroxyl groups is 1. The number of carbonyl (C=O) groups excluding carboxylic acids is 1. The largest absolute Gasteiger partial charge is 0.396 e. The number of urea groups is 1. The molecule has 4 nitrogen and oxygen atoms in total. The smallest absolute Gasteiger partial charge is 0.315 e. The maximum atomic E-state index is 11.8. The molecule has 19 heavy (non-hydrogen) atoms. The highest BCUT2D eigenvalue weighted by molar-refractivity contribution is 7.98. The molecule has 1 aromatic heterocycles. The Kier molecular flexibility index (Phi) is 7.93. The molecule has 1 heterocycles. The van der Waals surface area contributed by atoms with Gasteiger partial charge in [-0.1, -0.05) is 6.92 Å². The van der Waals surface area contributed by atoms with Crippen LogP contribution in [0.25, 0.3) is 0 Å². The van der Waals surface area contributed by atoms with E-state index in [1.807, 2.05) is 11.6 Å². The highest BCUT2D eigenvalue weighted by atomic mass is 32.2. The first-order chi connectivity index (χ1) is 9.17. The van der Waals surface area contributed by atoms with Crippen molar-refractivity contribution >= 4 is 29.1 Å². The number of hydrogen-bond acceptors (Lipinski definition) is 4. The molecule has 0 saturated heterocycles. The minimum atomic E-state index is -0.158. The van der Waals surface area contributed by atoms with Crippen molar-refractivity contribution in [1.82, 2.24) is 10.6 Å². The first kappa shape index (κ1) is 16.3. The molecule has 2 amide bonds. The van der Waals surface area contributed by atoms with Crippen molar-refractivity contribution in [3.63, 3.8) is 0 Å². The van der Waals surface area contributed by atoms with Gasteiger partial charge in [-0.2, -0.15) is 23.1 Å². The molecule has 1 rings (SSSR count). The lowest BCUT2D eigenvalue weighted by Crippen LogP contribution is -2.44. The fraction of sp³-hybridized carbons (Fsp3) is 0.615. The highest BCUT2D eigenvalue weighted by Crippen LogP contribution is 2.16. The van der Waals surface area contributed by atoms with Gasteiger partial charge in [0.25, 0.3) is 0 Å². The van der Waals surface area contributed by atoms with Crippen molar-refractivity contribution in [2.24, 2.45) is 0 Å². The fourth-order valence-electron chi connectivity index (χ4n) is 1.71. The van der Waals surface area contributed by atoms with Crippen LogP contribution in [-0.2, 0) is 0 Å². The Bertz CT molecular complexity index is 352. The average molecular weight is 302 g/mol. The minimum Gasteiger partial charge on any atom is -0.396 e. The Balaban J connectivity index is 2.30. The summed E-state index contributed by atoms with van der Waals surface area (Å²) in [5.41, 5.74) is 1.25. The summed E-state index contributed by atoms with van der Waals surface area (Å²) in [5.74, 6) is 1.13. The molecule has 0 saturated carbocycles. The van der Waals surface area contributed by atoms with E-state index in [2.05, 4.69) is 29.0 Å². The molecule has 2 atom stereocenters. The standard InChI is InChI=1S/C13H22N2O2S2/c1-10(11-4-6-19-8-11)7-14-13(17)15-12(3-5-16)9-18-2/h4,6,8,10,12,16H,3,5,7,9H2,1-2H3,(H2,14,15,17). The summed E-state index contributed by atoms with van der Waals surface area (Å²) in [6.07, 6.45) is 2.58. The van der Waals surface area contributed by atoms with Crippen LogP contribution in [-0.4, -0.2) is 42.3 Å². The lowest BCUT2D eigenvalue weighted by molar-refractivity contribution is 0.231. The average Bonchev–Trinajstić information content (AvgIpc) is 2.90. The van der Waals surface area contributed by atoms with Crippen LogP contribution in [0.5, 0.6) is 0 Å². The molecular formula is C13H22N2O2S2. The number of rotatable bonds is 8. The molecule has 0 aromatic carbocycles. The molecule has 0 spiro atoms. The lowest BCUT2D eigenvalue weighted by Gasteiger charge is -2.18. The molecule has 2 unspecified atom stereocenters. The van der Waals surface area contributed by atoms with Crippen LogP contribution >= 0.6 is 23.1 Å². The monoisotopic (exact) mass is 302 g/mol. The van der Waals surface area contributed by atoms with Gasteiger partial charge in [-0.05, 0) is 41.0 Å². The molecule has 0 radical (unpaired) electrons. The molecule has 1 aromatic rings. The van der Waals surface area contributed by atoms with Gasteiger partial charge in [0.1, 0.15) is 0 Å². The first-order valence-electron chi connectivity index (χ1n) is 6.33. The van der Waals surface area contributed by atoms with Crippen LogP contribution in [0.3, 0.4) is 0 Å². The van der Waals surface area contributed by atoms with Crippen molar-refractivity contribution in [2.45, 2.75) is 25.3 Å². The third-order valence-corrected chi connectivity index (χ3v) is 4.30. The van der Waals surface area contributed by atoms with Gasteiger partial charge >= 0.3 is 6.03 Å². The second-order valence-electron chi connectivity index (χ2n) is 4.48. The van der Waals surface area contributed by atoms with Crippen molar-refractivity contribution in [1.29, 1.82) is 0 Å². The second-order valence-corrected chi connectivity index (χ2v) is 6.17. The zero-order chi connectivity index (χ0) is 14.1. The van der Waals surface area contributed by atoms with Gasteiger partial charge in [-0.15, -0.1) is 0 Å². The van der Waals surface area contributed by atoms with Gasteiger partial charge in [0, 0.05) is 24.9 Å². The Morgan fingerprint density at radius 3 is 2.95 bits per heavy atom. The Morgan fingerprint density at radius 1 is 1.58 bits per heavy atom. The number of carbonyl (C=O) groups is 1.